The lowest BCUT2D eigenvalue weighted by atomic mass is 10.2. The van der Waals surface area contributed by atoms with Crippen LogP contribution in [-0.4, -0.2) is 56.3 Å². The van der Waals surface area contributed by atoms with Gasteiger partial charge in [-0.3, -0.25) is 4.79 Å². The van der Waals surface area contributed by atoms with Crippen molar-refractivity contribution in [1.29, 1.82) is 0 Å². The van der Waals surface area contributed by atoms with Crippen LogP contribution < -0.4 is 4.74 Å². The summed E-state index contributed by atoms with van der Waals surface area (Å²) in [5, 5.41) is 0.203. The van der Waals surface area contributed by atoms with Crippen molar-refractivity contribution >= 4 is 27.5 Å². The quantitative estimate of drug-likeness (QED) is 0.717. The topological polar surface area (TPSA) is 66.9 Å². The molecular formula is C20H23ClN2O4S. The summed E-state index contributed by atoms with van der Waals surface area (Å²) >= 11 is 6.04. The Bertz CT molecular complexity index is 941. The fraction of sp³-hybridized carbons (Fsp3) is 0.350. The summed E-state index contributed by atoms with van der Waals surface area (Å²) < 4.78 is 32.5. The highest BCUT2D eigenvalue weighted by atomic mass is 35.5. The molecule has 2 aromatic rings. The molecule has 0 unspecified atom stereocenters. The number of hydrogen-bond donors (Lipinski definition) is 0. The predicted molar refractivity (Wildman–Crippen MR) is 108 cm³/mol. The second-order valence-corrected chi connectivity index (χ2v) is 8.94. The van der Waals surface area contributed by atoms with Gasteiger partial charge in [0.15, 0.2) is 0 Å². The van der Waals surface area contributed by atoms with E-state index in [9.17, 15) is 13.2 Å². The highest BCUT2D eigenvalue weighted by molar-refractivity contribution is 7.89. The molecule has 1 saturated heterocycles. The maximum Gasteiger partial charge on any atom is 0.244 e. The van der Waals surface area contributed by atoms with Crippen LogP contribution >= 0.6 is 11.6 Å². The number of ether oxygens (including phenoxy) is 1. The van der Waals surface area contributed by atoms with E-state index < -0.39 is 10.0 Å². The maximum absolute atomic E-state index is 12.8. The molecule has 150 valence electrons. The summed E-state index contributed by atoms with van der Waals surface area (Å²) in [4.78, 5) is 14.2. The third-order valence-electron chi connectivity index (χ3n) is 4.62. The van der Waals surface area contributed by atoms with Gasteiger partial charge in [-0.15, -0.1) is 0 Å². The predicted octanol–water partition coefficient (Wildman–Crippen LogP) is 2.95. The van der Waals surface area contributed by atoms with Crippen LogP contribution in [0.1, 0.15) is 12.0 Å². The van der Waals surface area contributed by atoms with Gasteiger partial charge < -0.3 is 9.64 Å². The minimum Gasteiger partial charge on any atom is -0.493 e. The Kier molecular flexibility index (Phi) is 6.59. The normalized spacial score (nSPS) is 15.4. The molecule has 1 heterocycles. The van der Waals surface area contributed by atoms with Gasteiger partial charge >= 0.3 is 0 Å². The summed E-state index contributed by atoms with van der Waals surface area (Å²) in [5.41, 5.74) is 1.10. The summed E-state index contributed by atoms with van der Waals surface area (Å²) in [5.74, 6) is 0.700. The van der Waals surface area contributed by atoms with Gasteiger partial charge in [-0.05, 0) is 36.8 Å². The molecule has 0 N–H and O–H groups in total. The Hall–Kier alpha value is -2.09. The second-order valence-electron chi connectivity index (χ2n) is 6.63. The number of aryl methyl sites for hydroxylation is 1. The van der Waals surface area contributed by atoms with E-state index in [0.717, 1.165) is 11.3 Å². The second kappa shape index (κ2) is 8.94. The average Bonchev–Trinajstić information content (AvgIpc) is 2.68. The third-order valence-corrected chi connectivity index (χ3v) is 7.02. The Balaban J connectivity index is 1.50. The minimum absolute atomic E-state index is 0.0394. The van der Waals surface area contributed by atoms with Gasteiger partial charge in [0, 0.05) is 26.2 Å². The number of carbonyl (C=O) groups is 1. The molecule has 0 spiro atoms. The summed E-state index contributed by atoms with van der Waals surface area (Å²) in [6, 6.07) is 14.1. The molecular weight excluding hydrogens is 400 g/mol. The third kappa shape index (κ3) is 4.84. The van der Waals surface area contributed by atoms with Crippen LogP contribution in [0.5, 0.6) is 5.75 Å². The Morgan fingerprint density at radius 2 is 1.79 bits per heavy atom. The van der Waals surface area contributed by atoms with Gasteiger partial charge in [-0.2, -0.15) is 4.31 Å². The number of piperazine rings is 1. The van der Waals surface area contributed by atoms with E-state index in [-0.39, 0.29) is 35.3 Å². The number of hydrogen-bond acceptors (Lipinski definition) is 4. The lowest BCUT2D eigenvalue weighted by Gasteiger charge is -2.34. The van der Waals surface area contributed by atoms with E-state index in [0.29, 0.717) is 19.7 Å². The fourth-order valence-electron chi connectivity index (χ4n) is 3.09. The van der Waals surface area contributed by atoms with Crippen molar-refractivity contribution in [2.45, 2.75) is 18.2 Å². The first kappa shape index (κ1) is 20.6. The molecule has 0 radical (unpaired) electrons. The van der Waals surface area contributed by atoms with Crippen molar-refractivity contribution in [2.75, 3.05) is 32.8 Å². The molecule has 1 fully saturated rings. The molecule has 0 atom stereocenters. The standard InChI is InChI=1S/C20H23ClN2O4S/c1-16-5-4-6-17(15-16)27-14-9-20(24)22-10-12-23(13-11-22)28(25,26)19-8-3-2-7-18(19)21/h2-8,15H,9-14H2,1H3. The Labute approximate surface area is 170 Å². The van der Waals surface area contributed by atoms with Crippen LogP contribution in [0.15, 0.2) is 53.4 Å². The molecule has 1 aliphatic heterocycles. The SMILES string of the molecule is Cc1cccc(OCCC(=O)N2CCN(S(=O)(=O)c3ccccc3Cl)CC2)c1. The van der Waals surface area contributed by atoms with Gasteiger partial charge in [0.05, 0.1) is 18.1 Å². The molecule has 2 aromatic carbocycles. The molecule has 0 aromatic heterocycles. The van der Waals surface area contributed by atoms with Crippen molar-refractivity contribution in [1.82, 2.24) is 9.21 Å². The fourth-order valence-corrected chi connectivity index (χ4v) is 5.01. The van der Waals surface area contributed by atoms with Crippen molar-refractivity contribution in [2.24, 2.45) is 0 Å². The molecule has 8 heteroatoms. The number of rotatable bonds is 6. The van der Waals surface area contributed by atoms with Gasteiger partial charge in [-0.25, -0.2) is 8.42 Å². The summed E-state index contributed by atoms with van der Waals surface area (Å²) in [6.45, 7) is 3.48. The molecule has 0 bridgehead atoms. The van der Waals surface area contributed by atoms with Gasteiger partial charge in [0.2, 0.25) is 15.9 Å². The molecule has 28 heavy (non-hydrogen) atoms. The molecule has 6 nitrogen and oxygen atoms in total. The number of sulfonamides is 1. The first-order valence-corrected chi connectivity index (χ1v) is 10.9. The number of halogens is 1. The van der Waals surface area contributed by atoms with Crippen LogP contribution in [0.25, 0.3) is 0 Å². The largest absolute Gasteiger partial charge is 0.493 e. The zero-order valence-electron chi connectivity index (χ0n) is 15.7. The van der Waals surface area contributed by atoms with Gasteiger partial charge in [-0.1, -0.05) is 35.9 Å². The molecule has 3 rings (SSSR count). The van der Waals surface area contributed by atoms with Gasteiger partial charge in [0.1, 0.15) is 10.6 Å². The lowest BCUT2D eigenvalue weighted by molar-refractivity contribution is -0.132. The highest BCUT2D eigenvalue weighted by Gasteiger charge is 2.31. The average molecular weight is 423 g/mol. The van der Waals surface area contributed by atoms with E-state index in [1.807, 2.05) is 31.2 Å². The van der Waals surface area contributed by atoms with Gasteiger partial charge in [0.25, 0.3) is 0 Å². The molecule has 0 aliphatic carbocycles. The molecule has 0 saturated carbocycles. The van der Waals surface area contributed by atoms with Crippen LogP contribution in [-0.2, 0) is 14.8 Å². The first-order valence-electron chi connectivity index (χ1n) is 9.10. The zero-order chi connectivity index (χ0) is 20.1. The first-order chi connectivity index (χ1) is 13.4. The van der Waals surface area contributed by atoms with Crippen LogP contribution in [0, 0.1) is 6.92 Å². The van der Waals surface area contributed by atoms with Crippen molar-refractivity contribution < 1.29 is 17.9 Å². The van der Waals surface area contributed by atoms with E-state index in [1.54, 1.807) is 23.1 Å². The zero-order valence-corrected chi connectivity index (χ0v) is 17.2. The van der Waals surface area contributed by atoms with E-state index in [4.69, 9.17) is 16.3 Å². The maximum atomic E-state index is 12.8. The van der Waals surface area contributed by atoms with E-state index in [1.165, 1.54) is 10.4 Å². The smallest absolute Gasteiger partial charge is 0.244 e. The number of benzene rings is 2. The highest BCUT2D eigenvalue weighted by Crippen LogP contribution is 2.25. The van der Waals surface area contributed by atoms with Crippen molar-refractivity contribution in [3.8, 4) is 5.75 Å². The number of carbonyl (C=O) groups excluding carboxylic acids is 1. The molecule has 1 aliphatic rings. The summed E-state index contributed by atoms with van der Waals surface area (Å²) in [7, 11) is -3.66. The van der Waals surface area contributed by atoms with E-state index >= 15 is 0 Å². The van der Waals surface area contributed by atoms with Crippen molar-refractivity contribution in [3.63, 3.8) is 0 Å². The number of nitrogens with zero attached hydrogens (tertiary/aromatic N) is 2. The monoisotopic (exact) mass is 422 g/mol. The van der Waals surface area contributed by atoms with Crippen LogP contribution in [0.2, 0.25) is 5.02 Å². The minimum atomic E-state index is -3.66. The van der Waals surface area contributed by atoms with E-state index in [2.05, 4.69) is 0 Å². The Morgan fingerprint density at radius 3 is 2.46 bits per heavy atom. The molecule has 1 amide bonds. The van der Waals surface area contributed by atoms with Crippen LogP contribution in [0.4, 0.5) is 0 Å². The lowest BCUT2D eigenvalue weighted by Crippen LogP contribution is -2.50. The summed E-state index contributed by atoms with van der Waals surface area (Å²) in [6.07, 6.45) is 0.255. The number of amides is 1. The van der Waals surface area contributed by atoms with Crippen LogP contribution in [0.3, 0.4) is 0 Å². The van der Waals surface area contributed by atoms with Crippen molar-refractivity contribution in [3.05, 3.63) is 59.1 Å². The Morgan fingerprint density at radius 1 is 1.07 bits per heavy atom.